The average Bonchev–Trinajstić information content (AvgIpc) is 3.22. The number of halogens is 2. The van der Waals surface area contributed by atoms with Crippen molar-refractivity contribution in [3.63, 3.8) is 0 Å². The van der Waals surface area contributed by atoms with Crippen molar-refractivity contribution in [3.8, 4) is 11.3 Å². The van der Waals surface area contributed by atoms with Crippen LogP contribution in [-0.4, -0.2) is 59.4 Å². The lowest BCUT2D eigenvalue weighted by molar-refractivity contribution is 0.0163. The summed E-state index contributed by atoms with van der Waals surface area (Å²) in [5, 5.41) is 3.81. The van der Waals surface area contributed by atoms with E-state index in [-0.39, 0.29) is 16.6 Å². The van der Waals surface area contributed by atoms with Gasteiger partial charge in [0.15, 0.2) is 0 Å². The van der Waals surface area contributed by atoms with Crippen LogP contribution < -0.4 is 10.6 Å². The molecule has 1 aliphatic rings. The summed E-state index contributed by atoms with van der Waals surface area (Å²) in [6.07, 6.45) is 4.03. The average molecular weight is 569 g/mol. The normalized spacial score (nSPS) is 15.2. The summed E-state index contributed by atoms with van der Waals surface area (Å²) in [5.41, 5.74) is 6.35. The maximum absolute atomic E-state index is 13.4. The summed E-state index contributed by atoms with van der Waals surface area (Å²) >= 11 is 12.4. The second-order valence-electron chi connectivity index (χ2n) is 7.60. The Bertz CT molecular complexity index is 1350. The van der Waals surface area contributed by atoms with Crippen molar-refractivity contribution in [2.24, 2.45) is 10.9 Å². The van der Waals surface area contributed by atoms with Crippen molar-refractivity contribution >= 4 is 61.0 Å². The Morgan fingerprint density at radius 2 is 1.74 bits per heavy atom. The number of carbonyl (C=O) groups is 1. The molecule has 2 heterocycles. The molecule has 0 saturated carbocycles. The standard InChI is InChI=1S/C19H22Cl2N4O8S2/c1-34(27,28)32-23-19(22)25(33-35(2,29)30)18(26)17-15(24-8-4-3-5-9-24)11-16(31-17)13-10-12(20)6-7-14(13)21/h6-7,10-11H,3-5,8-9H2,1-2H3,(H2,22,23). The number of guanidine groups is 1. The van der Waals surface area contributed by atoms with Gasteiger partial charge in [-0.25, -0.2) is 0 Å². The van der Waals surface area contributed by atoms with Gasteiger partial charge < -0.3 is 15.1 Å². The van der Waals surface area contributed by atoms with Crippen LogP contribution in [0.1, 0.15) is 29.8 Å². The van der Waals surface area contributed by atoms with Crippen LogP contribution in [0.4, 0.5) is 5.69 Å². The highest BCUT2D eigenvalue weighted by Gasteiger charge is 2.33. The molecule has 0 unspecified atom stereocenters. The van der Waals surface area contributed by atoms with Crippen LogP contribution in [0.25, 0.3) is 11.3 Å². The Kier molecular flexibility index (Phi) is 8.21. The van der Waals surface area contributed by atoms with E-state index in [4.69, 9.17) is 33.4 Å². The van der Waals surface area contributed by atoms with E-state index < -0.39 is 32.1 Å². The highest BCUT2D eigenvalue weighted by atomic mass is 35.5. The van der Waals surface area contributed by atoms with E-state index >= 15 is 0 Å². The van der Waals surface area contributed by atoms with E-state index in [1.54, 1.807) is 18.2 Å². The number of anilines is 1. The van der Waals surface area contributed by atoms with Crippen LogP contribution >= 0.6 is 23.2 Å². The Hall–Kier alpha value is -2.52. The minimum Gasteiger partial charge on any atom is -0.448 e. The van der Waals surface area contributed by atoms with Crippen molar-refractivity contribution in [2.45, 2.75) is 19.3 Å². The molecule has 12 nitrogen and oxygen atoms in total. The third kappa shape index (κ3) is 7.24. The molecule has 1 fully saturated rings. The lowest BCUT2D eigenvalue weighted by Gasteiger charge is -2.28. The quantitative estimate of drug-likeness (QED) is 0.298. The molecule has 1 aromatic heterocycles. The number of amides is 1. The molecular formula is C19H22Cl2N4O8S2. The van der Waals surface area contributed by atoms with E-state index in [9.17, 15) is 21.6 Å². The van der Waals surface area contributed by atoms with Gasteiger partial charge >= 0.3 is 16.0 Å². The van der Waals surface area contributed by atoms with Gasteiger partial charge in [0.05, 0.1) is 23.2 Å². The maximum Gasteiger partial charge on any atom is 0.325 e. The van der Waals surface area contributed by atoms with E-state index in [1.165, 1.54) is 6.07 Å². The number of carbonyl (C=O) groups excluding carboxylic acids is 1. The van der Waals surface area contributed by atoms with Crippen molar-refractivity contribution < 1.29 is 34.6 Å². The van der Waals surface area contributed by atoms with Gasteiger partial charge in [-0.15, -0.1) is 9.35 Å². The molecule has 2 aromatic rings. The van der Waals surface area contributed by atoms with Gasteiger partial charge in [-0.3, -0.25) is 9.08 Å². The molecule has 1 aromatic carbocycles. The predicted molar refractivity (Wildman–Crippen MR) is 130 cm³/mol. The number of hydrogen-bond acceptors (Lipinski definition) is 10. The zero-order valence-corrected chi connectivity index (χ0v) is 21.7. The lowest BCUT2D eigenvalue weighted by atomic mass is 10.1. The Balaban J connectivity index is 2.13. The second-order valence-corrected chi connectivity index (χ2v) is 11.6. The molecule has 3 rings (SSSR count). The van der Waals surface area contributed by atoms with Crippen molar-refractivity contribution in [3.05, 3.63) is 40.1 Å². The first kappa shape index (κ1) is 27.1. The largest absolute Gasteiger partial charge is 0.448 e. The number of rotatable bonds is 7. The van der Waals surface area contributed by atoms with Crippen LogP contribution in [0.3, 0.4) is 0 Å². The number of hydroxylamine groups is 2. The van der Waals surface area contributed by atoms with Crippen LogP contribution in [0, 0.1) is 0 Å². The third-order valence-electron chi connectivity index (χ3n) is 4.67. The zero-order valence-electron chi connectivity index (χ0n) is 18.6. The summed E-state index contributed by atoms with van der Waals surface area (Å²) in [6, 6.07) is 6.23. The smallest absolute Gasteiger partial charge is 0.325 e. The van der Waals surface area contributed by atoms with Crippen LogP contribution in [0.2, 0.25) is 10.0 Å². The predicted octanol–water partition coefficient (Wildman–Crippen LogP) is 2.78. The summed E-state index contributed by atoms with van der Waals surface area (Å²) in [5.74, 6) is -2.37. The summed E-state index contributed by atoms with van der Waals surface area (Å²) in [4.78, 5) is 15.3. The SMILES string of the molecule is CS(=O)(=O)O/N=C(\N)N(OS(C)(=O)=O)C(=O)c1oc(-c2cc(Cl)ccc2Cl)cc1N1CCCCC1. The van der Waals surface area contributed by atoms with Crippen molar-refractivity contribution in [2.75, 3.05) is 30.5 Å². The Morgan fingerprint density at radius 1 is 1.09 bits per heavy atom. The third-order valence-corrected chi connectivity index (χ3v) is 6.00. The molecule has 192 valence electrons. The molecule has 35 heavy (non-hydrogen) atoms. The number of oxime groups is 1. The number of furan rings is 1. The van der Waals surface area contributed by atoms with Gasteiger partial charge in [0.2, 0.25) is 5.76 Å². The lowest BCUT2D eigenvalue weighted by Crippen LogP contribution is -2.44. The Morgan fingerprint density at radius 3 is 2.34 bits per heavy atom. The van der Waals surface area contributed by atoms with Gasteiger partial charge in [-0.05, 0) is 42.6 Å². The minimum absolute atomic E-state index is 0.0656. The maximum atomic E-state index is 13.4. The summed E-state index contributed by atoms with van der Waals surface area (Å²) < 4.78 is 60.9. The fourth-order valence-corrected chi connectivity index (χ4v) is 4.28. The first-order valence-corrected chi connectivity index (χ1v) is 14.4. The topological polar surface area (TPSA) is 162 Å². The molecule has 1 aliphatic heterocycles. The monoisotopic (exact) mass is 568 g/mol. The molecule has 0 atom stereocenters. The van der Waals surface area contributed by atoms with Crippen LogP contribution in [0.15, 0.2) is 33.8 Å². The molecule has 0 spiro atoms. The van der Waals surface area contributed by atoms with Crippen molar-refractivity contribution in [1.29, 1.82) is 0 Å². The molecule has 1 amide bonds. The number of nitrogens with zero attached hydrogens (tertiary/aromatic N) is 3. The number of hydrogen-bond donors (Lipinski definition) is 1. The number of nitrogens with two attached hydrogens (primary N) is 1. The van der Waals surface area contributed by atoms with E-state index in [0.717, 1.165) is 19.3 Å². The minimum atomic E-state index is -4.33. The molecule has 2 N–H and O–H groups in total. The Labute approximate surface area is 212 Å². The number of piperidine rings is 1. The molecular weight excluding hydrogens is 547 g/mol. The van der Waals surface area contributed by atoms with Gasteiger partial charge in [0.25, 0.3) is 16.1 Å². The van der Waals surface area contributed by atoms with Gasteiger partial charge in [0, 0.05) is 29.7 Å². The highest BCUT2D eigenvalue weighted by molar-refractivity contribution is 7.86. The second kappa shape index (κ2) is 10.6. The summed E-state index contributed by atoms with van der Waals surface area (Å²) in [6.45, 7) is 1.19. The molecule has 0 bridgehead atoms. The van der Waals surface area contributed by atoms with E-state index in [0.29, 0.717) is 46.9 Å². The molecule has 1 saturated heterocycles. The highest BCUT2D eigenvalue weighted by Crippen LogP contribution is 2.38. The number of benzene rings is 1. The van der Waals surface area contributed by atoms with Crippen LogP contribution in [0.5, 0.6) is 0 Å². The fourth-order valence-electron chi connectivity index (χ4n) is 3.27. The van der Waals surface area contributed by atoms with E-state index in [2.05, 4.69) is 13.7 Å². The molecule has 16 heteroatoms. The fraction of sp³-hybridized carbons (Fsp3) is 0.368. The zero-order chi connectivity index (χ0) is 26.0. The van der Waals surface area contributed by atoms with Gasteiger partial charge in [-0.2, -0.15) is 16.8 Å². The van der Waals surface area contributed by atoms with Crippen LogP contribution in [-0.2, 0) is 28.8 Å². The van der Waals surface area contributed by atoms with Crippen molar-refractivity contribution in [1.82, 2.24) is 5.06 Å². The summed E-state index contributed by atoms with van der Waals surface area (Å²) in [7, 11) is -8.45. The molecule has 0 radical (unpaired) electrons. The van der Waals surface area contributed by atoms with E-state index in [1.807, 2.05) is 4.90 Å². The first-order valence-electron chi connectivity index (χ1n) is 10.1. The van der Waals surface area contributed by atoms with Gasteiger partial charge in [-0.1, -0.05) is 23.2 Å². The molecule has 0 aliphatic carbocycles. The van der Waals surface area contributed by atoms with Gasteiger partial charge in [0.1, 0.15) is 5.76 Å². The first-order chi connectivity index (χ1) is 16.2.